The maximum Gasteiger partial charge on any atom is 0.305 e. The Bertz CT molecular complexity index is 276. The van der Waals surface area contributed by atoms with Gasteiger partial charge >= 0.3 is 5.97 Å². The van der Waals surface area contributed by atoms with Gasteiger partial charge in [0.1, 0.15) is 0 Å². The van der Waals surface area contributed by atoms with Gasteiger partial charge in [0.05, 0.1) is 18.6 Å². The molecule has 0 aliphatic carbocycles. The van der Waals surface area contributed by atoms with E-state index in [2.05, 4.69) is 5.32 Å². The molecule has 0 aromatic carbocycles. The third-order valence-electron chi connectivity index (χ3n) is 3.07. The molecule has 0 saturated heterocycles. The molecule has 106 valence electrons. The lowest BCUT2D eigenvalue weighted by atomic mass is 9.95. The third kappa shape index (κ3) is 6.59. The highest BCUT2D eigenvalue weighted by Crippen LogP contribution is 2.15. The van der Waals surface area contributed by atoms with E-state index >= 15 is 0 Å². The number of carboxylic acid groups (broad SMARTS) is 1. The van der Waals surface area contributed by atoms with Crippen LogP contribution in [0, 0.1) is 5.92 Å². The van der Waals surface area contributed by atoms with Crippen LogP contribution in [0.3, 0.4) is 0 Å². The van der Waals surface area contributed by atoms with Gasteiger partial charge in [-0.1, -0.05) is 26.7 Å². The Morgan fingerprint density at radius 3 is 2.28 bits per heavy atom. The number of amides is 1. The summed E-state index contributed by atoms with van der Waals surface area (Å²) in [4.78, 5) is 22.7. The molecule has 5 nitrogen and oxygen atoms in total. The molecule has 0 fully saturated rings. The topological polar surface area (TPSA) is 75.6 Å². The van der Waals surface area contributed by atoms with E-state index in [9.17, 15) is 9.59 Å². The highest BCUT2D eigenvalue weighted by atomic mass is 16.5. The summed E-state index contributed by atoms with van der Waals surface area (Å²) in [6, 6.07) is 0. The lowest BCUT2D eigenvalue weighted by Gasteiger charge is -2.29. The highest BCUT2D eigenvalue weighted by molar-refractivity contribution is 5.78. The molecule has 0 aliphatic heterocycles. The quantitative estimate of drug-likeness (QED) is 0.662. The van der Waals surface area contributed by atoms with E-state index in [1.165, 1.54) is 7.11 Å². The standard InChI is InChI=1S/C13H25NO4/c1-5-10(6-2)7-11(15)14-13(3,9-18-4)8-12(16)17/h10H,5-9H2,1-4H3,(H,14,15)(H,16,17). The Labute approximate surface area is 109 Å². The van der Waals surface area contributed by atoms with Gasteiger partial charge in [0.2, 0.25) is 5.91 Å². The number of carboxylic acids is 1. The lowest BCUT2D eigenvalue weighted by Crippen LogP contribution is -2.51. The van der Waals surface area contributed by atoms with Crippen LogP contribution >= 0.6 is 0 Å². The summed E-state index contributed by atoms with van der Waals surface area (Å²) >= 11 is 0. The van der Waals surface area contributed by atoms with Crippen LogP contribution in [0.25, 0.3) is 0 Å². The first-order valence-corrected chi connectivity index (χ1v) is 6.38. The van der Waals surface area contributed by atoms with Crippen molar-refractivity contribution in [3.05, 3.63) is 0 Å². The molecule has 0 bridgehead atoms. The number of methoxy groups -OCH3 is 1. The number of hydrogen-bond acceptors (Lipinski definition) is 3. The molecule has 1 amide bonds. The van der Waals surface area contributed by atoms with Crippen molar-refractivity contribution in [3.63, 3.8) is 0 Å². The Hall–Kier alpha value is -1.10. The number of ether oxygens (including phenoxy) is 1. The fourth-order valence-electron chi connectivity index (χ4n) is 2.01. The van der Waals surface area contributed by atoms with Gasteiger partial charge in [0, 0.05) is 13.5 Å². The Balaban J connectivity index is 4.48. The SMILES string of the molecule is CCC(CC)CC(=O)NC(C)(COC)CC(=O)O. The molecule has 18 heavy (non-hydrogen) atoms. The fraction of sp³-hybridized carbons (Fsp3) is 0.846. The predicted octanol–water partition coefficient (Wildman–Crippen LogP) is 1.81. The first kappa shape index (κ1) is 16.9. The van der Waals surface area contributed by atoms with E-state index in [-0.39, 0.29) is 18.9 Å². The number of carbonyl (C=O) groups is 2. The van der Waals surface area contributed by atoms with Crippen molar-refractivity contribution in [3.8, 4) is 0 Å². The normalized spacial score (nSPS) is 14.3. The molecule has 0 aromatic heterocycles. The first-order valence-electron chi connectivity index (χ1n) is 6.38. The maximum atomic E-state index is 11.9. The van der Waals surface area contributed by atoms with Crippen molar-refractivity contribution < 1.29 is 19.4 Å². The second-order valence-corrected chi connectivity index (χ2v) is 5.00. The van der Waals surface area contributed by atoms with Crippen molar-refractivity contribution in [2.45, 2.75) is 52.0 Å². The van der Waals surface area contributed by atoms with Gasteiger partial charge in [0.15, 0.2) is 0 Å². The first-order chi connectivity index (χ1) is 8.36. The number of nitrogens with one attached hydrogen (secondary N) is 1. The van der Waals surface area contributed by atoms with Crippen LogP contribution in [-0.4, -0.2) is 36.2 Å². The Kier molecular flexibility index (Phi) is 7.59. The molecule has 1 atom stereocenters. The zero-order valence-corrected chi connectivity index (χ0v) is 11.8. The largest absolute Gasteiger partial charge is 0.481 e. The van der Waals surface area contributed by atoms with E-state index in [1.54, 1.807) is 6.92 Å². The molecule has 2 N–H and O–H groups in total. The lowest BCUT2D eigenvalue weighted by molar-refractivity contribution is -0.139. The van der Waals surface area contributed by atoms with Gasteiger partial charge in [0.25, 0.3) is 0 Å². The van der Waals surface area contributed by atoms with Crippen molar-refractivity contribution in [2.75, 3.05) is 13.7 Å². The van der Waals surface area contributed by atoms with Crippen LogP contribution in [0.1, 0.15) is 46.5 Å². The molecule has 0 spiro atoms. The van der Waals surface area contributed by atoms with Gasteiger partial charge in [-0.05, 0) is 12.8 Å². The molecule has 5 heteroatoms. The minimum absolute atomic E-state index is 0.107. The van der Waals surface area contributed by atoms with E-state index in [0.29, 0.717) is 12.3 Å². The molecule has 0 heterocycles. The van der Waals surface area contributed by atoms with Crippen molar-refractivity contribution in [1.29, 1.82) is 0 Å². The van der Waals surface area contributed by atoms with Gasteiger partial charge in [-0.2, -0.15) is 0 Å². The predicted molar refractivity (Wildman–Crippen MR) is 69.4 cm³/mol. The summed E-state index contributed by atoms with van der Waals surface area (Å²) in [6.07, 6.45) is 2.19. The Morgan fingerprint density at radius 2 is 1.89 bits per heavy atom. The number of carbonyl (C=O) groups excluding carboxylic acids is 1. The van der Waals surface area contributed by atoms with Gasteiger partial charge < -0.3 is 15.2 Å². The van der Waals surface area contributed by atoms with Crippen molar-refractivity contribution >= 4 is 11.9 Å². The molecule has 0 rings (SSSR count). The molecular formula is C13H25NO4. The minimum atomic E-state index is -0.947. The van der Waals surface area contributed by atoms with Crippen LogP contribution in [-0.2, 0) is 14.3 Å². The third-order valence-corrected chi connectivity index (χ3v) is 3.07. The van der Waals surface area contributed by atoms with Gasteiger partial charge in [-0.25, -0.2) is 0 Å². The van der Waals surface area contributed by atoms with E-state index in [4.69, 9.17) is 9.84 Å². The number of aliphatic carboxylic acids is 1. The highest BCUT2D eigenvalue weighted by Gasteiger charge is 2.29. The smallest absolute Gasteiger partial charge is 0.305 e. The monoisotopic (exact) mass is 259 g/mol. The van der Waals surface area contributed by atoms with Crippen LogP contribution < -0.4 is 5.32 Å². The number of rotatable bonds is 9. The van der Waals surface area contributed by atoms with Crippen LogP contribution in [0.4, 0.5) is 0 Å². The Morgan fingerprint density at radius 1 is 1.33 bits per heavy atom. The zero-order chi connectivity index (χ0) is 14.2. The molecule has 1 unspecified atom stereocenters. The van der Waals surface area contributed by atoms with Crippen molar-refractivity contribution in [1.82, 2.24) is 5.32 Å². The average Bonchev–Trinajstić information content (AvgIpc) is 2.24. The van der Waals surface area contributed by atoms with E-state index < -0.39 is 11.5 Å². The summed E-state index contributed by atoms with van der Waals surface area (Å²) in [5.74, 6) is -0.705. The fourth-order valence-corrected chi connectivity index (χ4v) is 2.01. The molecular weight excluding hydrogens is 234 g/mol. The summed E-state index contributed by atoms with van der Waals surface area (Å²) in [5.41, 5.74) is -0.844. The summed E-state index contributed by atoms with van der Waals surface area (Å²) in [6.45, 7) is 5.98. The number of hydrogen-bond donors (Lipinski definition) is 2. The van der Waals surface area contributed by atoms with Crippen molar-refractivity contribution in [2.24, 2.45) is 5.92 Å². The van der Waals surface area contributed by atoms with Crippen LogP contribution in [0.15, 0.2) is 0 Å². The van der Waals surface area contributed by atoms with E-state index in [1.807, 2.05) is 13.8 Å². The summed E-state index contributed by atoms with van der Waals surface area (Å²) in [5, 5.41) is 11.6. The molecule has 0 aromatic rings. The zero-order valence-electron chi connectivity index (χ0n) is 11.8. The second-order valence-electron chi connectivity index (χ2n) is 5.00. The summed E-state index contributed by atoms with van der Waals surface area (Å²) < 4.78 is 4.99. The minimum Gasteiger partial charge on any atom is -0.481 e. The maximum absolute atomic E-state index is 11.9. The second kappa shape index (κ2) is 8.08. The van der Waals surface area contributed by atoms with Crippen LogP contribution in [0.2, 0.25) is 0 Å². The molecule has 0 saturated carbocycles. The van der Waals surface area contributed by atoms with Gasteiger partial charge in [-0.15, -0.1) is 0 Å². The van der Waals surface area contributed by atoms with Crippen LogP contribution in [0.5, 0.6) is 0 Å². The summed E-state index contributed by atoms with van der Waals surface area (Å²) in [7, 11) is 1.49. The average molecular weight is 259 g/mol. The van der Waals surface area contributed by atoms with Gasteiger partial charge in [-0.3, -0.25) is 9.59 Å². The van der Waals surface area contributed by atoms with E-state index in [0.717, 1.165) is 12.8 Å². The molecule has 0 radical (unpaired) electrons. The molecule has 0 aliphatic rings.